The Hall–Kier alpha value is -1.44. The highest BCUT2D eigenvalue weighted by molar-refractivity contribution is 7.89. The molecule has 0 bridgehead atoms. The van der Waals surface area contributed by atoms with Gasteiger partial charge in [-0.3, -0.25) is 4.79 Å². The monoisotopic (exact) mass is 396 g/mol. The van der Waals surface area contributed by atoms with E-state index in [2.05, 4.69) is 4.72 Å². The van der Waals surface area contributed by atoms with Gasteiger partial charge >= 0.3 is 0 Å². The highest BCUT2D eigenvalue weighted by Crippen LogP contribution is 2.26. The van der Waals surface area contributed by atoms with Gasteiger partial charge in [-0.25, -0.2) is 13.1 Å². The lowest BCUT2D eigenvalue weighted by Gasteiger charge is -2.25. The van der Waals surface area contributed by atoms with Crippen molar-refractivity contribution in [3.63, 3.8) is 0 Å². The van der Waals surface area contributed by atoms with E-state index in [-0.39, 0.29) is 17.3 Å². The minimum atomic E-state index is -3.66. The zero-order valence-corrected chi connectivity index (χ0v) is 17.5. The molecular weight excluding hydrogens is 364 g/mol. The smallest absolute Gasteiger partial charge is 0.253 e. The van der Waals surface area contributed by atoms with E-state index < -0.39 is 10.0 Å². The number of methoxy groups -OCH3 is 1. The Bertz CT molecular complexity index is 727. The van der Waals surface area contributed by atoms with Crippen molar-refractivity contribution in [1.82, 2.24) is 9.62 Å². The molecule has 1 aliphatic rings. The number of hydrogen-bond acceptors (Lipinski definition) is 4. The van der Waals surface area contributed by atoms with E-state index in [0.717, 1.165) is 12.0 Å². The third kappa shape index (κ3) is 6.30. The van der Waals surface area contributed by atoms with Crippen molar-refractivity contribution in [1.29, 1.82) is 0 Å². The fourth-order valence-corrected chi connectivity index (χ4v) is 4.56. The molecule has 27 heavy (non-hydrogen) atoms. The van der Waals surface area contributed by atoms with Crippen LogP contribution in [0.15, 0.2) is 23.1 Å². The number of aryl methyl sites for hydroxylation is 1. The van der Waals surface area contributed by atoms with Gasteiger partial charge in [-0.15, -0.1) is 0 Å². The predicted molar refractivity (Wildman–Crippen MR) is 106 cm³/mol. The Balaban J connectivity index is 2.06. The van der Waals surface area contributed by atoms with Gasteiger partial charge in [0.25, 0.3) is 5.91 Å². The van der Waals surface area contributed by atoms with Gasteiger partial charge in [0.15, 0.2) is 0 Å². The fourth-order valence-electron chi connectivity index (χ4n) is 3.52. The quantitative estimate of drug-likeness (QED) is 0.651. The predicted octanol–water partition coefficient (Wildman–Crippen LogP) is 2.96. The van der Waals surface area contributed by atoms with Crippen molar-refractivity contribution in [2.75, 3.05) is 33.9 Å². The van der Waals surface area contributed by atoms with E-state index in [4.69, 9.17) is 4.74 Å². The summed E-state index contributed by atoms with van der Waals surface area (Å²) in [6, 6.07) is 4.69. The number of hydrogen-bond donors (Lipinski definition) is 1. The Kier molecular flexibility index (Phi) is 8.26. The van der Waals surface area contributed by atoms with Gasteiger partial charge in [-0.05, 0) is 37.0 Å². The van der Waals surface area contributed by atoms with Crippen molar-refractivity contribution in [3.05, 3.63) is 29.3 Å². The summed E-state index contributed by atoms with van der Waals surface area (Å²) in [4.78, 5) is 14.7. The average molecular weight is 397 g/mol. The first-order valence-electron chi connectivity index (χ1n) is 9.70. The molecule has 1 aliphatic carbocycles. The first kappa shape index (κ1) is 21.9. The lowest BCUT2D eigenvalue weighted by atomic mass is 9.87. The molecule has 1 N–H and O–H groups in total. The number of ether oxygens (including phenoxy) is 1. The van der Waals surface area contributed by atoms with E-state index in [9.17, 15) is 13.2 Å². The molecule has 6 nitrogen and oxygen atoms in total. The maximum Gasteiger partial charge on any atom is 0.253 e. The molecule has 1 fully saturated rings. The third-order valence-electron chi connectivity index (χ3n) is 5.29. The molecule has 1 aromatic carbocycles. The van der Waals surface area contributed by atoms with Crippen molar-refractivity contribution >= 4 is 15.9 Å². The molecule has 0 spiro atoms. The van der Waals surface area contributed by atoms with Gasteiger partial charge in [-0.1, -0.05) is 38.2 Å². The molecule has 152 valence electrons. The van der Waals surface area contributed by atoms with Crippen LogP contribution >= 0.6 is 0 Å². The van der Waals surface area contributed by atoms with Gasteiger partial charge in [0.05, 0.1) is 11.5 Å². The average Bonchev–Trinajstić information content (AvgIpc) is 2.66. The van der Waals surface area contributed by atoms with Crippen LogP contribution in [-0.4, -0.2) is 53.1 Å². The summed E-state index contributed by atoms with van der Waals surface area (Å²) in [5.41, 5.74) is 1.22. The molecule has 0 heterocycles. The maximum absolute atomic E-state index is 12.9. The fraction of sp³-hybridized carbons (Fsp3) is 0.650. The zero-order chi connectivity index (χ0) is 19.9. The third-order valence-corrected chi connectivity index (χ3v) is 6.75. The highest BCUT2D eigenvalue weighted by Gasteiger charge is 2.21. The Morgan fingerprint density at radius 3 is 2.63 bits per heavy atom. The molecule has 0 aliphatic heterocycles. The van der Waals surface area contributed by atoms with E-state index in [1.165, 1.54) is 51.3 Å². The van der Waals surface area contributed by atoms with Crippen LogP contribution in [0.3, 0.4) is 0 Å². The summed E-state index contributed by atoms with van der Waals surface area (Å²) in [5, 5.41) is 0. The summed E-state index contributed by atoms with van der Waals surface area (Å²) < 4.78 is 32.2. The molecule has 1 saturated carbocycles. The molecule has 7 heteroatoms. The SMILES string of the molecule is COCCNS(=O)(=O)c1ccc(C)c(C(=O)N(C)CCC2CCCCC2)c1. The first-order chi connectivity index (χ1) is 12.8. The number of nitrogens with zero attached hydrogens (tertiary/aromatic N) is 1. The van der Waals surface area contributed by atoms with E-state index in [0.29, 0.717) is 24.6 Å². The van der Waals surface area contributed by atoms with Gasteiger partial charge in [-0.2, -0.15) is 0 Å². The number of amides is 1. The topological polar surface area (TPSA) is 75.7 Å². The molecule has 0 radical (unpaired) electrons. The van der Waals surface area contributed by atoms with E-state index in [1.54, 1.807) is 18.0 Å². The zero-order valence-electron chi connectivity index (χ0n) is 16.7. The lowest BCUT2D eigenvalue weighted by molar-refractivity contribution is 0.0783. The number of carbonyl (C=O) groups is 1. The number of carbonyl (C=O) groups excluding carboxylic acids is 1. The summed E-state index contributed by atoms with van der Waals surface area (Å²) in [6.45, 7) is 3.01. The normalized spacial score (nSPS) is 15.7. The van der Waals surface area contributed by atoms with Crippen LogP contribution in [0.4, 0.5) is 0 Å². The Labute approximate surface area is 163 Å². The maximum atomic E-state index is 12.9. The van der Waals surface area contributed by atoms with E-state index in [1.807, 2.05) is 6.92 Å². The Morgan fingerprint density at radius 1 is 1.26 bits per heavy atom. The van der Waals surface area contributed by atoms with Gasteiger partial charge in [0.1, 0.15) is 0 Å². The number of nitrogens with one attached hydrogen (secondary N) is 1. The molecule has 0 atom stereocenters. The van der Waals surface area contributed by atoms with Crippen LogP contribution in [0.1, 0.15) is 54.4 Å². The van der Waals surface area contributed by atoms with Crippen LogP contribution in [-0.2, 0) is 14.8 Å². The van der Waals surface area contributed by atoms with Crippen LogP contribution in [0, 0.1) is 12.8 Å². The molecule has 1 amide bonds. The molecular formula is C20H32N2O4S. The van der Waals surface area contributed by atoms with Crippen LogP contribution < -0.4 is 4.72 Å². The summed E-state index contributed by atoms with van der Waals surface area (Å²) in [6.07, 6.45) is 7.42. The minimum Gasteiger partial charge on any atom is -0.383 e. The Morgan fingerprint density at radius 2 is 1.96 bits per heavy atom. The highest BCUT2D eigenvalue weighted by atomic mass is 32.2. The van der Waals surface area contributed by atoms with Gasteiger partial charge in [0, 0.05) is 32.8 Å². The molecule has 2 rings (SSSR count). The number of benzene rings is 1. The van der Waals surface area contributed by atoms with Gasteiger partial charge in [0.2, 0.25) is 10.0 Å². The van der Waals surface area contributed by atoms with Crippen molar-refractivity contribution in [2.24, 2.45) is 5.92 Å². The van der Waals surface area contributed by atoms with Gasteiger partial charge < -0.3 is 9.64 Å². The summed E-state index contributed by atoms with van der Waals surface area (Å²) in [5.74, 6) is 0.573. The second-order valence-corrected chi connectivity index (χ2v) is 9.15. The number of rotatable bonds is 9. The molecule has 0 aromatic heterocycles. The molecule has 0 unspecified atom stereocenters. The minimum absolute atomic E-state index is 0.105. The van der Waals surface area contributed by atoms with Crippen molar-refractivity contribution in [3.8, 4) is 0 Å². The standard InChI is InChI=1S/C20H32N2O4S/c1-16-9-10-18(27(24,25)21-12-14-26-3)15-19(16)20(23)22(2)13-11-17-7-5-4-6-8-17/h9-10,15,17,21H,4-8,11-14H2,1-3H3. The summed E-state index contributed by atoms with van der Waals surface area (Å²) >= 11 is 0. The van der Waals surface area contributed by atoms with Crippen LogP contribution in [0.5, 0.6) is 0 Å². The van der Waals surface area contributed by atoms with Crippen molar-refractivity contribution in [2.45, 2.75) is 50.3 Å². The lowest BCUT2D eigenvalue weighted by Crippen LogP contribution is -2.31. The van der Waals surface area contributed by atoms with E-state index >= 15 is 0 Å². The second-order valence-electron chi connectivity index (χ2n) is 7.39. The molecule has 0 saturated heterocycles. The summed E-state index contributed by atoms with van der Waals surface area (Å²) in [7, 11) is -0.353. The van der Waals surface area contributed by atoms with Crippen LogP contribution in [0.2, 0.25) is 0 Å². The number of sulfonamides is 1. The van der Waals surface area contributed by atoms with Crippen LogP contribution in [0.25, 0.3) is 0 Å². The second kappa shape index (κ2) is 10.2. The largest absolute Gasteiger partial charge is 0.383 e. The van der Waals surface area contributed by atoms with Crippen molar-refractivity contribution < 1.29 is 17.9 Å². The first-order valence-corrected chi connectivity index (χ1v) is 11.2. The molecule has 1 aromatic rings.